The Morgan fingerprint density at radius 3 is 2.42 bits per heavy atom. The van der Waals surface area contributed by atoms with Crippen LogP contribution in [0.4, 0.5) is 5.69 Å². The average molecular weight is 275 g/mol. The van der Waals surface area contributed by atoms with Gasteiger partial charge in [0, 0.05) is 6.04 Å². The summed E-state index contributed by atoms with van der Waals surface area (Å²) in [5.41, 5.74) is 4.58. The smallest absolute Gasteiger partial charge is 0.129 e. The number of hydrogen-bond acceptors (Lipinski definition) is 2. The number of benzene rings is 1. The number of nitrogens with one attached hydrogen (secondary N) is 1. The number of nitrogens with zero attached hydrogens (tertiary/aromatic N) is 1. The van der Waals surface area contributed by atoms with Crippen molar-refractivity contribution in [2.75, 3.05) is 5.32 Å². The van der Waals surface area contributed by atoms with Crippen LogP contribution in [0.25, 0.3) is 0 Å². The lowest BCUT2D eigenvalue weighted by Gasteiger charge is -2.17. The minimum atomic E-state index is 0.243. The number of anilines is 1. The Hall–Kier alpha value is -1.54. The molecule has 1 heterocycles. The maximum Gasteiger partial charge on any atom is 0.129 e. The third-order valence-corrected chi connectivity index (χ3v) is 3.52. The van der Waals surface area contributed by atoms with Crippen LogP contribution in [0, 0.1) is 6.92 Å². The van der Waals surface area contributed by atoms with Crippen LogP contribution in [0.2, 0.25) is 5.15 Å². The van der Waals surface area contributed by atoms with E-state index in [0.717, 1.165) is 17.8 Å². The van der Waals surface area contributed by atoms with Gasteiger partial charge in [-0.25, -0.2) is 4.98 Å². The Balaban J connectivity index is 2.13. The second-order valence-corrected chi connectivity index (χ2v) is 5.12. The zero-order valence-electron chi connectivity index (χ0n) is 11.6. The molecule has 0 aliphatic carbocycles. The Labute approximate surface area is 119 Å². The van der Waals surface area contributed by atoms with E-state index in [1.165, 1.54) is 11.1 Å². The maximum absolute atomic E-state index is 5.86. The van der Waals surface area contributed by atoms with Crippen LogP contribution in [0.1, 0.15) is 36.7 Å². The van der Waals surface area contributed by atoms with Gasteiger partial charge in [0.15, 0.2) is 0 Å². The van der Waals surface area contributed by atoms with Gasteiger partial charge in [-0.3, -0.25) is 0 Å². The summed E-state index contributed by atoms with van der Waals surface area (Å²) in [5.74, 6) is 0. The van der Waals surface area contributed by atoms with Crippen LogP contribution in [0.3, 0.4) is 0 Å². The molecule has 3 heteroatoms. The lowest BCUT2D eigenvalue weighted by molar-refractivity contribution is 0.877. The number of aryl methyl sites for hydroxylation is 2. The molecule has 0 aliphatic heterocycles. The van der Waals surface area contributed by atoms with Crippen LogP contribution in [-0.2, 0) is 6.42 Å². The van der Waals surface area contributed by atoms with Crippen molar-refractivity contribution in [2.24, 2.45) is 0 Å². The van der Waals surface area contributed by atoms with Crippen molar-refractivity contribution in [3.63, 3.8) is 0 Å². The van der Waals surface area contributed by atoms with E-state index in [0.29, 0.717) is 5.15 Å². The lowest BCUT2D eigenvalue weighted by Crippen LogP contribution is -2.08. The van der Waals surface area contributed by atoms with E-state index in [1.807, 2.05) is 19.1 Å². The zero-order valence-corrected chi connectivity index (χ0v) is 12.3. The first-order chi connectivity index (χ1) is 9.10. The molecule has 2 aromatic rings. The highest BCUT2D eigenvalue weighted by Gasteiger charge is 2.07. The van der Waals surface area contributed by atoms with Gasteiger partial charge < -0.3 is 5.32 Å². The summed E-state index contributed by atoms with van der Waals surface area (Å²) in [6.07, 6.45) is 1.07. The summed E-state index contributed by atoms with van der Waals surface area (Å²) in [6.45, 7) is 6.27. The van der Waals surface area contributed by atoms with Gasteiger partial charge in [-0.1, -0.05) is 42.8 Å². The first kappa shape index (κ1) is 13.9. The molecule has 2 rings (SSSR count). The van der Waals surface area contributed by atoms with E-state index in [2.05, 4.69) is 48.4 Å². The molecular formula is C16H19ClN2. The third kappa shape index (κ3) is 3.48. The summed E-state index contributed by atoms with van der Waals surface area (Å²) < 4.78 is 0. The van der Waals surface area contributed by atoms with Gasteiger partial charge in [0.1, 0.15) is 5.15 Å². The molecule has 1 aromatic carbocycles. The molecule has 1 atom stereocenters. The Bertz CT molecular complexity index is 549. The highest BCUT2D eigenvalue weighted by atomic mass is 35.5. The van der Waals surface area contributed by atoms with Crippen molar-refractivity contribution < 1.29 is 0 Å². The molecule has 0 saturated heterocycles. The first-order valence-corrected chi connectivity index (χ1v) is 6.96. The van der Waals surface area contributed by atoms with Crippen LogP contribution >= 0.6 is 11.6 Å². The topological polar surface area (TPSA) is 24.9 Å². The van der Waals surface area contributed by atoms with Crippen molar-refractivity contribution in [1.82, 2.24) is 4.98 Å². The largest absolute Gasteiger partial charge is 0.377 e. The predicted octanol–water partition coefficient (Wildman–Crippen LogP) is 4.78. The quantitative estimate of drug-likeness (QED) is 0.812. The number of halogens is 1. The number of aromatic nitrogens is 1. The summed E-state index contributed by atoms with van der Waals surface area (Å²) >= 11 is 5.86. The monoisotopic (exact) mass is 274 g/mol. The number of hydrogen-bond donors (Lipinski definition) is 1. The fourth-order valence-corrected chi connectivity index (χ4v) is 2.23. The Morgan fingerprint density at radius 1 is 1.16 bits per heavy atom. The van der Waals surface area contributed by atoms with E-state index < -0.39 is 0 Å². The molecule has 0 radical (unpaired) electrons. The van der Waals surface area contributed by atoms with Crippen LogP contribution < -0.4 is 5.32 Å². The SMILES string of the molecule is CCc1ccc(C(C)Nc2ccc(Cl)nc2C)cc1. The second-order valence-electron chi connectivity index (χ2n) is 4.73. The van der Waals surface area contributed by atoms with E-state index >= 15 is 0 Å². The lowest BCUT2D eigenvalue weighted by atomic mass is 10.0. The highest BCUT2D eigenvalue weighted by molar-refractivity contribution is 6.29. The molecule has 1 N–H and O–H groups in total. The third-order valence-electron chi connectivity index (χ3n) is 3.31. The van der Waals surface area contributed by atoms with E-state index in [-0.39, 0.29) is 6.04 Å². The highest BCUT2D eigenvalue weighted by Crippen LogP contribution is 2.22. The second kappa shape index (κ2) is 6.07. The minimum absolute atomic E-state index is 0.243. The van der Waals surface area contributed by atoms with E-state index in [9.17, 15) is 0 Å². The Morgan fingerprint density at radius 2 is 1.84 bits per heavy atom. The molecule has 2 nitrogen and oxygen atoms in total. The summed E-state index contributed by atoms with van der Waals surface area (Å²) in [4.78, 5) is 4.25. The maximum atomic E-state index is 5.86. The average Bonchev–Trinajstić information content (AvgIpc) is 2.42. The van der Waals surface area contributed by atoms with Crippen molar-refractivity contribution in [3.05, 3.63) is 58.4 Å². The van der Waals surface area contributed by atoms with Crippen molar-refractivity contribution in [1.29, 1.82) is 0 Å². The molecule has 19 heavy (non-hydrogen) atoms. The minimum Gasteiger partial charge on any atom is -0.377 e. The molecule has 0 aliphatic rings. The molecule has 0 bridgehead atoms. The summed E-state index contributed by atoms with van der Waals surface area (Å²) in [5, 5.41) is 4.00. The fraction of sp³-hybridized carbons (Fsp3) is 0.312. The molecule has 1 unspecified atom stereocenters. The molecule has 0 amide bonds. The molecular weight excluding hydrogens is 256 g/mol. The van der Waals surface area contributed by atoms with Gasteiger partial charge in [-0.05, 0) is 43.5 Å². The van der Waals surface area contributed by atoms with Gasteiger partial charge in [-0.15, -0.1) is 0 Å². The van der Waals surface area contributed by atoms with E-state index in [1.54, 1.807) is 0 Å². The van der Waals surface area contributed by atoms with Crippen molar-refractivity contribution in [3.8, 4) is 0 Å². The van der Waals surface area contributed by atoms with Gasteiger partial charge in [0.25, 0.3) is 0 Å². The molecule has 100 valence electrons. The fourth-order valence-electron chi connectivity index (χ4n) is 2.04. The normalized spacial score (nSPS) is 12.2. The zero-order chi connectivity index (χ0) is 13.8. The number of rotatable bonds is 4. The molecule has 1 aromatic heterocycles. The van der Waals surface area contributed by atoms with Crippen molar-refractivity contribution in [2.45, 2.75) is 33.2 Å². The molecule has 0 spiro atoms. The van der Waals surface area contributed by atoms with Crippen LogP contribution in [0.15, 0.2) is 36.4 Å². The summed E-state index contributed by atoms with van der Waals surface area (Å²) in [6, 6.07) is 12.7. The van der Waals surface area contributed by atoms with Gasteiger partial charge >= 0.3 is 0 Å². The standard InChI is InChI=1S/C16H19ClN2/c1-4-13-5-7-14(8-6-13)11(2)18-15-9-10-16(17)19-12(15)3/h5-11,18H,4H2,1-3H3. The molecule has 0 saturated carbocycles. The van der Waals surface area contributed by atoms with Gasteiger partial charge in [0.2, 0.25) is 0 Å². The first-order valence-electron chi connectivity index (χ1n) is 6.58. The Kier molecular flexibility index (Phi) is 4.43. The van der Waals surface area contributed by atoms with E-state index in [4.69, 9.17) is 11.6 Å². The van der Waals surface area contributed by atoms with Gasteiger partial charge in [0.05, 0.1) is 11.4 Å². The van der Waals surface area contributed by atoms with Crippen LogP contribution in [0.5, 0.6) is 0 Å². The van der Waals surface area contributed by atoms with Crippen molar-refractivity contribution >= 4 is 17.3 Å². The molecule has 0 fully saturated rings. The summed E-state index contributed by atoms with van der Waals surface area (Å²) in [7, 11) is 0. The predicted molar refractivity (Wildman–Crippen MR) is 81.8 cm³/mol. The number of pyridine rings is 1. The van der Waals surface area contributed by atoms with Gasteiger partial charge in [-0.2, -0.15) is 0 Å². The van der Waals surface area contributed by atoms with Crippen LogP contribution in [-0.4, -0.2) is 4.98 Å².